The van der Waals surface area contributed by atoms with Crippen molar-refractivity contribution in [3.63, 3.8) is 0 Å². The molecule has 144 valence electrons. The molecular weight excluding hydrogens is 359 g/mol. The molecule has 2 N–H and O–H groups in total. The molecule has 1 fully saturated rings. The van der Waals surface area contributed by atoms with Crippen LogP contribution in [0.5, 0.6) is 0 Å². The van der Waals surface area contributed by atoms with E-state index < -0.39 is 11.9 Å². The summed E-state index contributed by atoms with van der Waals surface area (Å²) in [5, 5.41) is 7.53. The van der Waals surface area contributed by atoms with E-state index in [-0.39, 0.29) is 11.5 Å². The smallest absolute Gasteiger partial charge is 0.256 e. The van der Waals surface area contributed by atoms with Gasteiger partial charge in [0.05, 0.1) is 11.3 Å². The molecule has 0 aliphatic carbocycles. The number of aldehydes is 1. The van der Waals surface area contributed by atoms with Crippen LogP contribution in [0.15, 0.2) is 47.6 Å². The lowest BCUT2D eigenvalue weighted by molar-refractivity contribution is -0.109. The van der Waals surface area contributed by atoms with E-state index >= 15 is 0 Å². The molecule has 4 rings (SSSR count). The molecule has 0 saturated carbocycles. The average molecular weight is 380 g/mol. The summed E-state index contributed by atoms with van der Waals surface area (Å²) in [6.45, 7) is 2.56. The normalized spacial score (nSPS) is 18.7. The van der Waals surface area contributed by atoms with Crippen LogP contribution in [-0.2, 0) is 11.2 Å². The Bertz CT molecular complexity index is 938. The number of piperazine rings is 1. The molecule has 2 aromatic rings. The maximum Gasteiger partial charge on any atom is 0.256 e. The lowest BCUT2D eigenvalue weighted by Gasteiger charge is -2.27. The first-order valence-corrected chi connectivity index (χ1v) is 9.32. The van der Waals surface area contributed by atoms with Crippen LogP contribution in [-0.4, -0.2) is 49.0 Å². The summed E-state index contributed by atoms with van der Waals surface area (Å²) < 4.78 is 14.3. The second kappa shape index (κ2) is 7.90. The molecule has 2 aliphatic heterocycles. The van der Waals surface area contributed by atoms with Crippen molar-refractivity contribution in [1.82, 2.24) is 15.6 Å². The first kappa shape index (κ1) is 18.3. The Labute approximate surface area is 162 Å². The molecule has 1 atom stereocenters. The Morgan fingerprint density at radius 2 is 2.00 bits per heavy atom. The zero-order chi connectivity index (χ0) is 19.5. The summed E-state index contributed by atoms with van der Waals surface area (Å²) >= 11 is 0. The molecule has 6 nitrogen and oxygen atoms in total. The Kier molecular flexibility index (Phi) is 5.16. The van der Waals surface area contributed by atoms with Crippen LogP contribution in [0.4, 0.5) is 4.39 Å². The van der Waals surface area contributed by atoms with Crippen LogP contribution >= 0.6 is 0 Å². The van der Waals surface area contributed by atoms with E-state index in [4.69, 9.17) is 0 Å². The molecule has 1 unspecified atom stereocenters. The van der Waals surface area contributed by atoms with Gasteiger partial charge in [-0.1, -0.05) is 30.3 Å². The van der Waals surface area contributed by atoms with Gasteiger partial charge in [0.1, 0.15) is 18.1 Å². The second-order valence-corrected chi connectivity index (χ2v) is 6.92. The van der Waals surface area contributed by atoms with Gasteiger partial charge in [-0.3, -0.25) is 10.2 Å². The van der Waals surface area contributed by atoms with Crippen LogP contribution in [0, 0.1) is 5.82 Å². The fourth-order valence-electron chi connectivity index (χ4n) is 3.62. The highest BCUT2D eigenvalue weighted by molar-refractivity contribution is 6.04. The number of hydrazone groups is 1. The fraction of sp³-hybridized carbons (Fsp3) is 0.286. The number of fused-ring (bicyclic) bond motifs is 1. The highest BCUT2D eigenvalue weighted by Gasteiger charge is 2.24. The van der Waals surface area contributed by atoms with Gasteiger partial charge in [-0.05, 0) is 23.3 Å². The van der Waals surface area contributed by atoms with E-state index in [1.165, 1.54) is 6.07 Å². The lowest BCUT2D eigenvalue weighted by Crippen LogP contribution is -2.46. The summed E-state index contributed by atoms with van der Waals surface area (Å²) in [5.41, 5.74) is 6.24. The Morgan fingerprint density at radius 1 is 1.21 bits per heavy atom. The minimum Gasteiger partial charge on any atom is -0.336 e. The van der Waals surface area contributed by atoms with Crippen LogP contribution in [0.25, 0.3) is 0 Å². The number of carbonyl (C=O) groups is 2. The molecule has 1 saturated heterocycles. The minimum atomic E-state index is -0.516. The van der Waals surface area contributed by atoms with Crippen molar-refractivity contribution in [2.75, 3.05) is 26.2 Å². The summed E-state index contributed by atoms with van der Waals surface area (Å²) in [4.78, 5) is 25.7. The SMILES string of the molecule is O=CC1NN=C(Cc2ccc(F)c(C(=O)N3CCNCC3)c2)c2ccccc21. The van der Waals surface area contributed by atoms with Gasteiger partial charge in [0.15, 0.2) is 0 Å². The Balaban J connectivity index is 1.60. The van der Waals surface area contributed by atoms with Gasteiger partial charge < -0.3 is 15.0 Å². The van der Waals surface area contributed by atoms with Gasteiger partial charge >= 0.3 is 0 Å². The van der Waals surface area contributed by atoms with E-state index in [9.17, 15) is 14.0 Å². The number of halogens is 1. The van der Waals surface area contributed by atoms with Crippen molar-refractivity contribution in [3.8, 4) is 0 Å². The highest BCUT2D eigenvalue weighted by atomic mass is 19.1. The van der Waals surface area contributed by atoms with Crippen LogP contribution in [0.1, 0.15) is 33.1 Å². The van der Waals surface area contributed by atoms with Crippen molar-refractivity contribution in [2.45, 2.75) is 12.5 Å². The predicted octanol–water partition coefficient (Wildman–Crippen LogP) is 1.66. The van der Waals surface area contributed by atoms with Gasteiger partial charge in [0, 0.05) is 38.2 Å². The fourth-order valence-corrected chi connectivity index (χ4v) is 3.62. The summed E-state index contributed by atoms with van der Waals surface area (Å²) in [6, 6.07) is 11.7. The van der Waals surface area contributed by atoms with Crippen molar-refractivity contribution in [2.24, 2.45) is 5.10 Å². The third-order valence-electron chi connectivity index (χ3n) is 5.12. The molecule has 0 radical (unpaired) electrons. The summed E-state index contributed by atoms with van der Waals surface area (Å²) in [6.07, 6.45) is 1.25. The topological polar surface area (TPSA) is 73.8 Å². The zero-order valence-corrected chi connectivity index (χ0v) is 15.3. The highest BCUT2D eigenvalue weighted by Crippen LogP contribution is 2.24. The molecule has 0 bridgehead atoms. The Hall–Kier alpha value is -3.06. The molecule has 2 aromatic carbocycles. The summed E-state index contributed by atoms with van der Waals surface area (Å²) in [5.74, 6) is -0.802. The number of nitrogens with one attached hydrogen (secondary N) is 2. The largest absolute Gasteiger partial charge is 0.336 e. The zero-order valence-electron chi connectivity index (χ0n) is 15.3. The molecule has 1 amide bonds. The number of nitrogens with zero attached hydrogens (tertiary/aromatic N) is 2. The van der Waals surface area contributed by atoms with Gasteiger partial charge in [0.25, 0.3) is 5.91 Å². The molecule has 28 heavy (non-hydrogen) atoms. The predicted molar refractivity (Wildman–Crippen MR) is 104 cm³/mol. The van der Waals surface area contributed by atoms with Gasteiger partial charge in [-0.2, -0.15) is 5.10 Å². The first-order chi connectivity index (χ1) is 13.7. The Morgan fingerprint density at radius 3 is 2.79 bits per heavy atom. The van der Waals surface area contributed by atoms with Crippen molar-refractivity contribution in [3.05, 3.63) is 70.5 Å². The van der Waals surface area contributed by atoms with Crippen molar-refractivity contribution in [1.29, 1.82) is 0 Å². The van der Waals surface area contributed by atoms with Gasteiger partial charge in [-0.25, -0.2) is 4.39 Å². The third-order valence-corrected chi connectivity index (χ3v) is 5.12. The molecule has 0 spiro atoms. The second-order valence-electron chi connectivity index (χ2n) is 6.92. The molecule has 0 aromatic heterocycles. The van der Waals surface area contributed by atoms with E-state index in [0.29, 0.717) is 32.6 Å². The number of rotatable bonds is 4. The standard InChI is InChI=1S/C21H21FN4O2/c22-18-6-5-14(11-17(18)21(28)26-9-7-23-8-10-26)12-19-15-3-1-2-4-16(15)20(13-27)25-24-19/h1-6,11,13,20,23,25H,7-10,12H2. The van der Waals surface area contributed by atoms with Crippen molar-refractivity contribution < 1.29 is 14.0 Å². The maximum absolute atomic E-state index is 14.3. The number of benzene rings is 2. The van der Waals surface area contributed by atoms with E-state index in [1.807, 2.05) is 24.3 Å². The quantitative estimate of drug-likeness (QED) is 0.792. The molecular formula is C21H21FN4O2. The molecule has 7 heteroatoms. The van der Waals surface area contributed by atoms with Crippen LogP contribution < -0.4 is 10.7 Å². The third kappa shape index (κ3) is 3.53. The van der Waals surface area contributed by atoms with E-state index in [0.717, 1.165) is 28.7 Å². The van der Waals surface area contributed by atoms with Crippen LogP contribution in [0.2, 0.25) is 0 Å². The van der Waals surface area contributed by atoms with E-state index in [2.05, 4.69) is 15.8 Å². The number of carbonyl (C=O) groups excluding carboxylic acids is 2. The average Bonchev–Trinajstić information content (AvgIpc) is 2.75. The molecule has 2 aliphatic rings. The minimum absolute atomic E-state index is 0.0859. The number of hydrogen-bond acceptors (Lipinski definition) is 5. The van der Waals surface area contributed by atoms with Gasteiger partial charge in [-0.15, -0.1) is 0 Å². The maximum atomic E-state index is 14.3. The summed E-state index contributed by atoms with van der Waals surface area (Å²) in [7, 11) is 0. The van der Waals surface area contributed by atoms with Gasteiger partial charge in [0.2, 0.25) is 0 Å². The molecule has 2 heterocycles. The van der Waals surface area contributed by atoms with E-state index in [1.54, 1.807) is 17.0 Å². The van der Waals surface area contributed by atoms with Crippen LogP contribution in [0.3, 0.4) is 0 Å². The number of amides is 1. The lowest BCUT2D eigenvalue weighted by atomic mass is 9.92. The first-order valence-electron chi connectivity index (χ1n) is 9.32. The monoisotopic (exact) mass is 380 g/mol. The van der Waals surface area contributed by atoms with Crippen molar-refractivity contribution >= 4 is 17.9 Å². The number of hydrogen-bond donors (Lipinski definition) is 2.